The minimum Gasteiger partial charge on any atom is -0.353 e. The number of aromatic nitrogens is 2. The summed E-state index contributed by atoms with van der Waals surface area (Å²) in [5, 5.41) is 4.89. The zero-order chi connectivity index (χ0) is 11.8. The van der Waals surface area contributed by atoms with Gasteiger partial charge < -0.3 is 10.2 Å². The third kappa shape index (κ3) is 1.74. The molecule has 1 aliphatic rings. The maximum atomic E-state index is 11.4. The fraction of sp³-hybridized carbons (Fsp3) is 0.364. The van der Waals surface area contributed by atoms with E-state index in [9.17, 15) is 4.79 Å². The Kier molecular flexibility index (Phi) is 2.44. The summed E-state index contributed by atoms with van der Waals surface area (Å²) < 4.78 is 1.07. The monoisotopic (exact) mass is 248 g/mol. The molecule has 0 aromatic carbocycles. The van der Waals surface area contributed by atoms with E-state index in [-0.39, 0.29) is 5.91 Å². The fourth-order valence-corrected chi connectivity index (χ4v) is 3.02. The Hall–Kier alpha value is -1.69. The minimum absolute atomic E-state index is 0.0521. The number of nitrogens with one attached hydrogen (secondary N) is 1. The third-order valence-electron chi connectivity index (χ3n) is 2.85. The summed E-state index contributed by atoms with van der Waals surface area (Å²) in [6.07, 6.45) is 1.57. The smallest absolute Gasteiger partial charge is 0.239 e. The maximum Gasteiger partial charge on any atom is 0.239 e. The number of hydrogen-bond acceptors (Lipinski definition) is 5. The van der Waals surface area contributed by atoms with Crippen molar-refractivity contribution in [3.63, 3.8) is 0 Å². The summed E-state index contributed by atoms with van der Waals surface area (Å²) in [5.74, 6) is 0.930. The van der Waals surface area contributed by atoms with Gasteiger partial charge in [-0.05, 0) is 17.9 Å². The molecule has 0 bridgehead atoms. The van der Waals surface area contributed by atoms with Crippen molar-refractivity contribution in [3.8, 4) is 0 Å². The van der Waals surface area contributed by atoms with E-state index < -0.39 is 0 Å². The van der Waals surface area contributed by atoms with Gasteiger partial charge in [-0.25, -0.2) is 9.97 Å². The van der Waals surface area contributed by atoms with Gasteiger partial charge in [-0.1, -0.05) is 0 Å². The number of thiophene rings is 1. The summed E-state index contributed by atoms with van der Waals surface area (Å²) in [4.78, 5) is 22.0. The first kappa shape index (κ1) is 10.5. The Bertz CT molecular complexity index is 580. The molecule has 0 aliphatic carbocycles. The van der Waals surface area contributed by atoms with Gasteiger partial charge in [-0.15, -0.1) is 11.3 Å². The average Bonchev–Trinajstić information content (AvgIpc) is 2.71. The predicted molar refractivity (Wildman–Crippen MR) is 67.4 cm³/mol. The number of carbonyl (C=O) groups excluding carboxylic acids is 1. The number of anilines is 1. The van der Waals surface area contributed by atoms with E-state index in [4.69, 9.17) is 0 Å². The first-order valence-corrected chi connectivity index (χ1v) is 6.34. The van der Waals surface area contributed by atoms with Crippen molar-refractivity contribution in [2.45, 2.75) is 6.92 Å². The lowest BCUT2D eigenvalue weighted by Gasteiger charge is -2.27. The second-order valence-corrected chi connectivity index (χ2v) is 4.94. The molecule has 6 heteroatoms. The van der Waals surface area contributed by atoms with Crippen LogP contribution in [0.4, 0.5) is 5.82 Å². The summed E-state index contributed by atoms with van der Waals surface area (Å²) in [6.45, 7) is 3.89. The van der Waals surface area contributed by atoms with Crippen LogP contribution in [0, 0.1) is 6.92 Å². The standard InChI is InChI=1S/C11H12N4OS/c1-7-5-17-10-9(7)13-6-14-11(10)15-3-2-12-8(16)4-15/h5-6H,2-4H2,1H3,(H,12,16). The van der Waals surface area contributed by atoms with Gasteiger partial charge in [0.1, 0.15) is 6.33 Å². The van der Waals surface area contributed by atoms with Crippen LogP contribution >= 0.6 is 11.3 Å². The largest absolute Gasteiger partial charge is 0.353 e. The van der Waals surface area contributed by atoms with Gasteiger partial charge in [0, 0.05) is 13.1 Å². The van der Waals surface area contributed by atoms with Gasteiger partial charge >= 0.3 is 0 Å². The topological polar surface area (TPSA) is 58.1 Å². The SMILES string of the molecule is Cc1csc2c(N3CCNC(=O)C3)ncnc12. The van der Waals surface area contributed by atoms with E-state index in [0.29, 0.717) is 13.1 Å². The van der Waals surface area contributed by atoms with E-state index >= 15 is 0 Å². The number of hydrogen-bond donors (Lipinski definition) is 1. The van der Waals surface area contributed by atoms with Crippen molar-refractivity contribution in [1.29, 1.82) is 0 Å². The molecule has 3 rings (SSSR count). The molecule has 0 unspecified atom stereocenters. The van der Waals surface area contributed by atoms with Gasteiger partial charge in [0.25, 0.3) is 0 Å². The number of amides is 1. The number of carbonyl (C=O) groups is 1. The van der Waals surface area contributed by atoms with Crippen molar-refractivity contribution in [2.75, 3.05) is 24.5 Å². The van der Waals surface area contributed by atoms with Crippen LogP contribution in [-0.2, 0) is 4.79 Å². The van der Waals surface area contributed by atoms with Crippen LogP contribution in [0.5, 0.6) is 0 Å². The first-order valence-electron chi connectivity index (χ1n) is 5.46. The molecule has 5 nitrogen and oxygen atoms in total. The first-order chi connectivity index (χ1) is 8.25. The molecule has 1 fully saturated rings. The summed E-state index contributed by atoms with van der Waals surface area (Å²) in [7, 11) is 0. The summed E-state index contributed by atoms with van der Waals surface area (Å²) in [6, 6.07) is 0. The van der Waals surface area contributed by atoms with Crippen LogP contribution < -0.4 is 10.2 Å². The lowest BCUT2D eigenvalue weighted by Crippen LogP contribution is -2.48. The molecule has 88 valence electrons. The highest BCUT2D eigenvalue weighted by Crippen LogP contribution is 2.30. The molecule has 3 heterocycles. The molecule has 0 radical (unpaired) electrons. The quantitative estimate of drug-likeness (QED) is 0.816. The lowest BCUT2D eigenvalue weighted by molar-refractivity contribution is -0.120. The summed E-state index contributed by atoms with van der Waals surface area (Å²) >= 11 is 1.64. The molecule has 0 saturated carbocycles. The molecule has 0 spiro atoms. The Balaban J connectivity index is 2.07. The van der Waals surface area contributed by atoms with Crippen molar-refractivity contribution in [1.82, 2.24) is 15.3 Å². The molecule has 17 heavy (non-hydrogen) atoms. The maximum absolute atomic E-state index is 11.4. The molecule has 0 atom stereocenters. The van der Waals surface area contributed by atoms with Crippen molar-refractivity contribution < 1.29 is 4.79 Å². The van der Waals surface area contributed by atoms with Crippen LogP contribution in [-0.4, -0.2) is 35.5 Å². The predicted octanol–water partition coefficient (Wildman–Crippen LogP) is 0.936. The van der Waals surface area contributed by atoms with Crippen LogP contribution in [0.3, 0.4) is 0 Å². The highest BCUT2D eigenvalue weighted by molar-refractivity contribution is 7.18. The van der Waals surface area contributed by atoms with E-state index in [2.05, 4.69) is 20.7 Å². The fourth-order valence-electron chi connectivity index (χ4n) is 2.00. The van der Waals surface area contributed by atoms with E-state index in [1.165, 1.54) is 0 Å². The lowest BCUT2D eigenvalue weighted by atomic mass is 10.3. The van der Waals surface area contributed by atoms with E-state index in [1.807, 2.05) is 11.8 Å². The normalized spacial score (nSPS) is 16.3. The van der Waals surface area contributed by atoms with Gasteiger partial charge in [0.05, 0.1) is 16.8 Å². The number of rotatable bonds is 1. The zero-order valence-corrected chi connectivity index (χ0v) is 10.3. The number of aryl methyl sites for hydroxylation is 1. The van der Waals surface area contributed by atoms with Crippen LogP contribution in [0.1, 0.15) is 5.56 Å². The molecule has 2 aromatic heterocycles. The van der Waals surface area contributed by atoms with Crippen molar-refractivity contribution in [2.24, 2.45) is 0 Å². The molecular weight excluding hydrogens is 236 g/mol. The Morgan fingerprint density at radius 1 is 1.47 bits per heavy atom. The zero-order valence-electron chi connectivity index (χ0n) is 9.43. The van der Waals surface area contributed by atoms with E-state index in [1.54, 1.807) is 17.7 Å². The van der Waals surface area contributed by atoms with Crippen LogP contribution in [0.15, 0.2) is 11.7 Å². The average molecular weight is 248 g/mol. The molecule has 1 saturated heterocycles. The molecule has 1 aliphatic heterocycles. The molecule has 1 N–H and O–H groups in total. The van der Waals surface area contributed by atoms with Crippen molar-refractivity contribution in [3.05, 3.63) is 17.3 Å². The molecular formula is C11H12N4OS. The van der Waals surface area contributed by atoms with Gasteiger partial charge in [-0.2, -0.15) is 0 Å². The third-order valence-corrected chi connectivity index (χ3v) is 3.93. The van der Waals surface area contributed by atoms with Gasteiger partial charge in [-0.3, -0.25) is 4.79 Å². The van der Waals surface area contributed by atoms with Gasteiger partial charge in [0.15, 0.2) is 5.82 Å². The Morgan fingerprint density at radius 3 is 3.18 bits per heavy atom. The minimum atomic E-state index is 0.0521. The van der Waals surface area contributed by atoms with Crippen LogP contribution in [0.2, 0.25) is 0 Å². The summed E-state index contributed by atoms with van der Waals surface area (Å²) in [5.41, 5.74) is 2.15. The molecule has 1 amide bonds. The Morgan fingerprint density at radius 2 is 2.35 bits per heavy atom. The highest BCUT2D eigenvalue weighted by Gasteiger charge is 2.20. The van der Waals surface area contributed by atoms with Gasteiger partial charge in [0.2, 0.25) is 5.91 Å². The second-order valence-electron chi connectivity index (χ2n) is 4.07. The van der Waals surface area contributed by atoms with Crippen molar-refractivity contribution >= 4 is 33.3 Å². The van der Waals surface area contributed by atoms with Crippen LogP contribution in [0.25, 0.3) is 10.2 Å². The number of piperazine rings is 1. The molecule has 2 aromatic rings. The highest BCUT2D eigenvalue weighted by atomic mass is 32.1. The number of fused-ring (bicyclic) bond motifs is 1. The Labute approximate surface area is 102 Å². The number of nitrogens with zero attached hydrogens (tertiary/aromatic N) is 3. The van der Waals surface area contributed by atoms with E-state index in [0.717, 1.165) is 28.1 Å². The second kappa shape index (κ2) is 3.96.